The molecule has 0 aliphatic carbocycles. The summed E-state index contributed by atoms with van der Waals surface area (Å²) in [6.45, 7) is 0. The lowest BCUT2D eigenvalue weighted by Crippen LogP contribution is -2.00. The molecule has 0 saturated carbocycles. The Bertz CT molecular complexity index is 2560. The summed E-state index contributed by atoms with van der Waals surface area (Å²) in [5.41, 5.74) is 13.5. The Kier molecular flexibility index (Phi) is 8.90. The van der Waals surface area contributed by atoms with Gasteiger partial charge in [0.1, 0.15) is 0 Å². The molecule has 0 atom stereocenters. The second-order valence-electron chi connectivity index (χ2n) is 13.1. The van der Waals surface area contributed by atoms with E-state index < -0.39 is 0 Å². The van der Waals surface area contributed by atoms with E-state index >= 15 is 0 Å². The lowest BCUT2D eigenvalue weighted by Gasteiger charge is -2.13. The van der Waals surface area contributed by atoms with Crippen molar-refractivity contribution < 1.29 is 0 Å². The smallest absolute Gasteiger partial charge is 0.164 e. The highest BCUT2D eigenvalue weighted by Crippen LogP contribution is 2.36. The van der Waals surface area contributed by atoms with Crippen LogP contribution in [0.25, 0.3) is 89.9 Å². The van der Waals surface area contributed by atoms with Gasteiger partial charge in [-0.25, -0.2) is 15.0 Å². The Hall–Kier alpha value is -7.30. The van der Waals surface area contributed by atoms with Gasteiger partial charge in [0.25, 0.3) is 0 Å². The minimum Gasteiger partial charge on any atom is -0.255 e. The minimum absolute atomic E-state index is 0.596. The van der Waals surface area contributed by atoms with E-state index in [1.807, 2.05) is 30.5 Å². The molecule has 0 N–H and O–H groups in total. The molecule has 9 aromatic rings. The zero-order valence-electron chi connectivity index (χ0n) is 29.4. The van der Waals surface area contributed by atoms with Crippen molar-refractivity contribution in [3.63, 3.8) is 0 Å². The predicted molar refractivity (Wildman–Crippen MR) is 221 cm³/mol. The summed E-state index contributed by atoms with van der Waals surface area (Å²) in [4.78, 5) is 20.3. The van der Waals surface area contributed by atoms with E-state index in [-0.39, 0.29) is 0 Å². The van der Waals surface area contributed by atoms with E-state index in [0.29, 0.717) is 17.5 Å². The molecule has 254 valence electrons. The van der Waals surface area contributed by atoms with Crippen LogP contribution in [0, 0.1) is 0 Å². The second kappa shape index (κ2) is 14.7. The minimum atomic E-state index is 0.596. The average molecular weight is 691 g/mol. The summed E-state index contributed by atoms with van der Waals surface area (Å²) < 4.78 is 0. The number of rotatable bonds is 8. The highest BCUT2D eigenvalue weighted by molar-refractivity contribution is 5.85. The first-order valence-electron chi connectivity index (χ1n) is 18.0. The van der Waals surface area contributed by atoms with Gasteiger partial charge in [-0.3, -0.25) is 4.98 Å². The van der Waals surface area contributed by atoms with Gasteiger partial charge >= 0.3 is 0 Å². The molecule has 0 aliphatic heterocycles. The summed E-state index contributed by atoms with van der Waals surface area (Å²) >= 11 is 0. The Morgan fingerprint density at radius 3 is 1.07 bits per heavy atom. The molecule has 0 fully saturated rings. The van der Waals surface area contributed by atoms with Crippen LogP contribution in [0.1, 0.15) is 0 Å². The molecule has 7 aromatic carbocycles. The lowest BCUT2D eigenvalue weighted by atomic mass is 9.95. The molecule has 0 unspecified atom stereocenters. The van der Waals surface area contributed by atoms with Crippen LogP contribution in [0.4, 0.5) is 0 Å². The van der Waals surface area contributed by atoms with Crippen LogP contribution in [-0.2, 0) is 0 Å². The highest BCUT2D eigenvalue weighted by Gasteiger charge is 2.16. The molecule has 0 spiro atoms. The normalized spacial score (nSPS) is 11.0. The zero-order valence-corrected chi connectivity index (χ0v) is 29.4. The van der Waals surface area contributed by atoms with Crippen LogP contribution < -0.4 is 0 Å². The van der Waals surface area contributed by atoms with Crippen molar-refractivity contribution in [3.8, 4) is 89.9 Å². The standard InChI is InChI=1S/C50H34N4/c1-5-14-35(15-6-1)38-24-28-41(29-25-38)48-52-49(42-30-26-39(27-31-42)36-16-7-2-8-17-36)54-50(53-48)44-23-13-22-43(32-44)47-46(40-20-11-4-12-21-40)33-45(34-51-47)37-18-9-3-10-19-37/h1-34H. The largest absolute Gasteiger partial charge is 0.255 e. The van der Waals surface area contributed by atoms with Crippen molar-refractivity contribution in [1.29, 1.82) is 0 Å². The molecule has 4 heteroatoms. The fraction of sp³-hybridized carbons (Fsp3) is 0. The maximum absolute atomic E-state index is 5.09. The monoisotopic (exact) mass is 690 g/mol. The fourth-order valence-corrected chi connectivity index (χ4v) is 6.77. The van der Waals surface area contributed by atoms with Crippen molar-refractivity contribution in [2.75, 3.05) is 0 Å². The van der Waals surface area contributed by atoms with Crippen LogP contribution in [0.2, 0.25) is 0 Å². The van der Waals surface area contributed by atoms with Gasteiger partial charge in [0.05, 0.1) is 5.69 Å². The second-order valence-corrected chi connectivity index (χ2v) is 13.1. The van der Waals surface area contributed by atoms with E-state index in [4.69, 9.17) is 19.9 Å². The van der Waals surface area contributed by atoms with E-state index in [2.05, 4.69) is 176 Å². The van der Waals surface area contributed by atoms with Gasteiger partial charge in [-0.05, 0) is 45.5 Å². The summed E-state index contributed by atoms with van der Waals surface area (Å²) in [5, 5.41) is 0. The third kappa shape index (κ3) is 6.84. The van der Waals surface area contributed by atoms with Gasteiger partial charge in [0.15, 0.2) is 17.5 Å². The van der Waals surface area contributed by atoms with Crippen LogP contribution in [-0.4, -0.2) is 19.9 Å². The third-order valence-corrected chi connectivity index (χ3v) is 9.61. The first kappa shape index (κ1) is 32.6. The van der Waals surface area contributed by atoms with Crippen LogP contribution >= 0.6 is 0 Å². The number of aromatic nitrogens is 4. The molecule has 2 aromatic heterocycles. The Balaban J connectivity index is 1.15. The van der Waals surface area contributed by atoms with Crippen molar-refractivity contribution >= 4 is 0 Å². The molecular formula is C50H34N4. The molecule has 0 saturated heterocycles. The molecule has 0 bridgehead atoms. The molecule has 0 radical (unpaired) electrons. The number of hydrogen-bond acceptors (Lipinski definition) is 4. The Labute approximate surface area is 315 Å². The number of hydrogen-bond donors (Lipinski definition) is 0. The first-order valence-corrected chi connectivity index (χ1v) is 18.0. The molecular weight excluding hydrogens is 657 g/mol. The molecule has 0 aliphatic rings. The van der Waals surface area contributed by atoms with Gasteiger partial charge in [0, 0.05) is 39.6 Å². The number of nitrogens with zero attached hydrogens (tertiary/aromatic N) is 4. The highest BCUT2D eigenvalue weighted by atomic mass is 15.0. The average Bonchev–Trinajstić information content (AvgIpc) is 3.27. The number of benzene rings is 7. The van der Waals surface area contributed by atoms with E-state index in [9.17, 15) is 0 Å². The molecule has 4 nitrogen and oxygen atoms in total. The Morgan fingerprint density at radius 2 is 0.593 bits per heavy atom. The van der Waals surface area contributed by atoms with Crippen molar-refractivity contribution in [1.82, 2.24) is 19.9 Å². The summed E-state index contributed by atoms with van der Waals surface area (Å²) in [7, 11) is 0. The maximum Gasteiger partial charge on any atom is 0.164 e. The van der Waals surface area contributed by atoms with E-state index in [1.54, 1.807) is 0 Å². The fourth-order valence-electron chi connectivity index (χ4n) is 6.77. The van der Waals surface area contributed by atoms with Crippen LogP contribution in [0.3, 0.4) is 0 Å². The summed E-state index contributed by atoms with van der Waals surface area (Å²) in [5.74, 6) is 1.82. The van der Waals surface area contributed by atoms with Crippen molar-refractivity contribution in [2.24, 2.45) is 0 Å². The van der Waals surface area contributed by atoms with E-state index in [0.717, 1.165) is 72.5 Å². The SMILES string of the molecule is c1ccc(-c2ccc(-c3nc(-c4ccc(-c5ccccc5)cc4)nc(-c4cccc(-c5ncc(-c6ccccc6)cc5-c5ccccc5)c4)n3)cc2)cc1. The predicted octanol–water partition coefficient (Wildman–Crippen LogP) is 12.6. The first-order chi connectivity index (χ1) is 26.7. The van der Waals surface area contributed by atoms with Gasteiger partial charge in [0.2, 0.25) is 0 Å². The molecule has 54 heavy (non-hydrogen) atoms. The van der Waals surface area contributed by atoms with Crippen LogP contribution in [0.5, 0.6) is 0 Å². The molecule has 9 rings (SSSR count). The quantitative estimate of drug-likeness (QED) is 0.159. The molecule has 2 heterocycles. The van der Waals surface area contributed by atoms with Gasteiger partial charge < -0.3 is 0 Å². The van der Waals surface area contributed by atoms with Gasteiger partial charge in [-0.2, -0.15) is 0 Å². The summed E-state index contributed by atoms with van der Waals surface area (Å²) in [6, 6.07) is 69.0. The van der Waals surface area contributed by atoms with Gasteiger partial charge in [-0.1, -0.05) is 188 Å². The zero-order chi connectivity index (χ0) is 36.1. The summed E-state index contributed by atoms with van der Waals surface area (Å²) in [6.07, 6.45) is 1.96. The number of pyridine rings is 1. The molecule has 0 amide bonds. The lowest BCUT2D eigenvalue weighted by molar-refractivity contribution is 1.07. The Morgan fingerprint density at radius 1 is 0.241 bits per heavy atom. The third-order valence-electron chi connectivity index (χ3n) is 9.61. The van der Waals surface area contributed by atoms with Gasteiger partial charge in [-0.15, -0.1) is 0 Å². The topological polar surface area (TPSA) is 51.6 Å². The maximum atomic E-state index is 5.09. The van der Waals surface area contributed by atoms with Crippen LogP contribution in [0.15, 0.2) is 206 Å². The van der Waals surface area contributed by atoms with Crippen molar-refractivity contribution in [3.05, 3.63) is 206 Å². The van der Waals surface area contributed by atoms with E-state index in [1.165, 1.54) is 0 Å². The van der Waals surface area contributed by atoms with Crippen molar-refractivity contribution in [2.45, 2.75) is 0 Å².